The van der Waals surface area contributed by atoms with Crippen LogP contribution in [0.1, 0.15) is 22.3 Å². The number of nitrogens with two attached hydrogens (primary N) is 1. The van der Waals surface area contributed by atoms with Crippen LogP contribution in [0.25, 0.3) is 0 Å². The quantitative estimate of drug-likeness (QED) is 0.688. The Balaban J connectivity index is 2.82. The number of carbonyl (C=O) groups excluding carboxylic acids is 1. The van der Waals surface area contributed by atoms with Crippen LogP contribution in [0.5, 0.6) is 0 Å². The average Bonchev–Trinajstić information content (AvgIpc) is 2.37. The standard InChI is InChI=1S/C13H18N2O3S/c1-8-9(4-3-5-10(8)14)12(16)15-11(13(17)18)6-7-19-2/h3-5,11H,6-7,14H2,1-2H3,(H,15,16)(H,17,18). The molecular weight excluding hydrogens is 264 g/mol. The van der Waals surface area contributed by atoms with Gasteiger partial charge < -0.3 is 16.2 Å². The predicted octanol–water partition coefficient (Wildman–Crippen LogP) is 1.51. The SMILES string of the molecule is CSCCC(NC(=O)c1cccc(N)c1C)C(=O)O. The Morgan fingerprint density at radius 2 is 2.16 bits per heavy atom. The summed E-state index contributed by atoms with van der Waals surface area (Å²) in [5.74, 6) is -0.755. The maximum absolute atomic E-state index is 12.1. The lowest BCUT2D eigenvalue weighted by Crippen LogP contribution is -2.41. The van der Waals surface area contributed by atoms with E-state index < -0.39 is 17.9 Å². The molecule has 0 saturated carbocycles. The van der Waals surface area contributed by atoms with Crippen LogP contribution in [0.15, 0.2) is 18.2 Å². The summed E-state index contributed by atoms with van der Waals surface area (Å²) in [7, 11) is 0. The molecule has 0 heterocycles. The van der Waals surface area contributed by atoms with E-state index in [1.807, 2.05) is 6.26 Å². The number of rotatable bonds is 6. The van der Waals surface area contributed by atoms with Gasteiger partial charge in [-0.25, -0.2) is 4.79 Å². The molecule has 0 radical (unpaired) electrons. The number of carboxylic acid groups (broad SMARTS) is 1. The maximum atomic E-state index is 12.1. The third kappa shape index (κ3) is 4.17. The van der Waals surface area contributed by atoms with Gasteiger partial charge >= 0.3 is 5.97 Å². The molecule has 6 heteroatoms. The molecule has 1 atom stereocenters. The Morgan fingerprint density at radius 3 is 2.74 bits per heavy atom. The first-order valence-corrected chi connectivity index (χ1v) is 7.24. The third-order valence-corrected chi connectivity index (χ3v) is 3.48. The minimum atomic E-state index is -1.02. The highest BCUT2D eigenvalue weighted by molar-refractivity contribution is 7.98. The van der Waals surface area contributed by atoms with Gasteiger partial charge in [0, 0.05) is 11.3 Å². The largest absolute Gasteiger partial charge is 0.480 e. The van der Waals surface area contributed by atoms with E-state index in [-0.39, 0.29) is 0 Å². The first kappa shape index (κ1) is 15.4. The Labute approximate surface area is 116 Å². The number of benzene rings is 1. The number of carboxylic acids is 1. The van der Waals surface area contributed by atoms with E-state index in [9.17, 15) is 9.59 Å². The topological polar surface area (TPSA) is 92.4 Å². The second-order valence-corrected chi connectivity index (χ2v) is 5.15. The number of hydrogen-bond acceptors (Lipinski definition) is 4. The van der Waals surface area contributed by atoms with Gasteiger partial charge in [0.15, 0.2) is 0 Å². The van der Waals surface area contributed by atoms with E-state index >= 15 is 0 Å². The second-order valence-electron chi connectivity index (χ2n) is 4.17. The normalized spacial score (nSPS) is 11.9. The highest BCUT2D eigenvalue weighted by Crippen LogP contribution is 2.15. The third-order valence-electron chi connectivity index (χ3n) is 2.83. The van der Waals surface area contributed by atoms with E-state index in [0.29, 0.717) is 29.0 Å². The van der Waals surface area contributed by atoms with Crippen molar-refractivity contribution in [2.45, 2.75) is 19.4 Å². The second kappa shape index (κ2) is 7.04. The van der Waals surface area contributed by atoms with Crippen molar-refractivity contribution in [2.75, 3.05) is 17.7 Å². The molecule has 1 amide bonds. The first-order valence-electron chi connectivity index (χ1n) is 5.85. The number of amides is 1. The number of anilines is 1. The fourth-order valence-corrected chi connectivity index (χ4v) is 2.10. The van der Waals surface area contributed by atoms with Crippen LogP contribution in [0.2, 0.25) is 0 Å². The smallest absolute Gasteiger partial charge is 0.326 e. The zero-order valence-electron chi connectivity index (χ0n) is 11.0. The van der Waals surface area contributed by atoms with Gasteiger partial charge in [-0.1, -0.05) is 6.07 Å². The van der Waals surface area contributed by atoms with Gasteiger partial charge in [-0.3, -0.25) is 4.79 Å². The lowest BCUT2D eigenvalue weighted by Gasteiger charge is -2.15. The Hall–Kier alpha value is -1.69. The van der Waals surface area contributed by atoms with Crippen LogP contribution in [0.4, 0.5) is 5.69 Å². The summed E-state index contributed by atoms with van der Waals surface area (Å²) in [6.45, 7) is 1.74. The van der Waals surface area contributed by atoms with Gasteiger partial charge in [-0.2, -0.15) is 11.8 Å². The molecule has 1 aromatic rings. The van der Waals surface area contributed by atoms with Crippen molar-refractivity contribution >= 4 is 29.3 Å². The van der Waals surface area contributed by atoms with E-state index in [0.717, 1.165) is 0 Å². The summed E-state index contributed by atoms with van der Waals surface area (Å²) >= 11 is 1.54. The molecule has 1 unspecified atom stereocenters. The van der Waals surface area contributed by atoms with Crippen LogP contribution >= 0.6 is 11.8 Å². The minimum Gasteiger partial charge on any atom is -0.480 e. The van der Waals surface area contributed by atoms with Crippen molar-refractivity contribution < 1.29 is 14.7 Å². The van der Waals surface area contributed by atoms with Gasteiger partial charge in [-0.15, -0.1) is 0 Å². The number of carbonyl (C=O) groups is 2. The van der Waals surface area contributed by atoms with Crippen molar-refractivity contribution in [1.82, 2.24) is 5.32 Å². The number of nitrogens with one attached hydrogen (secondary N) is 1. The molecule has 0 aliphatic carbocycles. The van der Waals surface area contributed by atoms with Crippen LogP contribution in [0.3, 0.4) is 0 Å². The van der Waals surface area contributed by atoms with Gasteiger partial charge in [0.05, 0.1) is 0 Å². The van der Waals surface area contributed by atoms with Gasteiger partial charge in [0.2, 0.25) is 0 Å². The van der Waals surface area contributed by atoms with Crippen LogP contribution in [-0.4, -0.2) is 35.0 Å². The lowest BCUT2D eigenvalue weighted by atomic mass is 10.1. The Kier molecular flexibility index (Phi) is 5.69. The summed E-state index contributed by atoms with van der Waals surface area (Å²) in [6, 6.07) is 4.14. The molecule has 0 aliphatic heterocycles. The van der Waals surface area contributed by atoms with Crippen molar-refractivity contribution in [3.8, 4) is 0 Å². The molecule has 0 aliphatic rings. The summed E-state index contributed by atoms with van der Waals surface area (Å²) in [6.07, 6.45) is 2.28. The maximum Gasteiger partial charge on any atom is 0.326 e. The van der Waals surface area contributed by atoms with Crippen LogP contribution in [-0.2, 0) is 4.79 Å². The van der Waals surface area contributed by atoms with E-state index in [4.69, 9.17) is 10.8 Å². The number of aliphatic carboxylic acids is 1. The van der Waals surface area contributed by atoms with Crippen molar-refractivity contribution in [2.24, 2.45) is 0 Å². The van der Waals surface area contributed by atoms with Crippen LogP contribution < -0.4 is 11.1 Å². The molecule has 0 aromatic heterocycles. The van der Waals surface area contributed by atoms with Crippen molar-refractivity contribution in [1.29, 1.82) is 0 Å². The molecule has 0 fully saturated rings. The molecule has 104 valence electrons. The number of thioether (sulfide) groups is 1. The summed E-state index contributed by atoms with van der Waals surface area (Å²) < 4.78 is 0. The Morgan fingerprint density at radius 1 is 1.47 bits per heavy atom. The summed E-state index contributed by atoms with van der Waals surface area (Å²) in [5, 5.41) is 11.6. The monoisotopic (exact) mass is 282 g/mol. The molecule has 1 aromatic carbocycles. The van der Waals surface area contributed by atoms with Gasteiger partial charge in [0.25, 0.3) is 5.91 Å². The van der Waals surface area contributed by atoms with Gasteiger partial charge in [-0.05, 0) is 43.0 Å². The predicted molar refractivity (Wildman–Crippen MR) is 77.5 cm³/mol. The molecular formula is C13H18N2O3S. The molecule has 0 bridgehead atoms. The molecule has 4 N–H and O–H groups in total. The zero-order valence-corrected chi connectivity index (χ0v) is 11.8. The molecule has 5 nitrogen and oxygen atoms in total. The van der Waals surface area contributed by atoms with Gasteiger partial charge in [0.1, 0.15) is 6.04 Å². The Bertz CT molecular complexity index is 477. The van der Waals surface area contributed by atoms with Crippen molar-refractivity contribution in [3.63, 3.8) is 0 Å². The number of nitrogen functional groups attached to an aromatic ring is 1. The average molecular weight is 282 g/mol. The highest BCUT2D eigenvalue weighted by atomic mass is 32.2. The molecule has 1 rings (SSSR count). The van der Waals surface area contributed by atoms with E-state index in [2.05, 4.69) is 5.32 Å². The zero-order chi connectivity index (χ0) is 14.4. The fraction of sp³-hybridized carbons (Fsp3) is 0.385. The summed E-state index contributed by atoms with van der Waals surface area (Å²) in [4.78, 5) is 23.1. The van der Waals surface area contributed by atoms with Crippen molar-refractivity contribution in [3.05, 3.63) is 29.3 Å². The fourth-order valence-electron chi connectivity index (χ4n) is 1.63. The number of hydrogen-bond donors (Lipinski definition) is 3. The minimum absolute atomic E-state index is 0.392. The van der Waals surface area contributed by atoms with Crippen LogP contribution in [0, 0.1) is 6.92 Å². The lowest BCUT2D eigenvalue weighted by molar-refractivity contribution is -0.139. The van der Waals surface area contributed by atoms with E-state index in [1.54, 1.807) is 36.9 Å². The molecule has 0 spiro atoms. The van der Waals surface area contributed by atoms with E-state index in [1.165, 1.54) is 0 Å². The first-order chi connectivity index (χ1) is 8.97. The highest BCUT2D eigenvalue weighted by Gasteiger charge is 2.21. The summed E-state index contributed by atoms with van der Waals surface area (Å²) in [5.41, 5.74) is 7.32. The molecule has 0 saturated heterocycles. The molecule has 19 heavy (non-hydrogen) atoms.